The van der Waals surface area contributed by atoms with Gasteiger partial charge in [-0.3, -0.25) is 0 Å². The predicted molar refractivity (Wildman–Crippen MR) is 60.2 cm³/mol. The van der Waals surface area contributed by atoms with Crippen LogP contribution in [0.1, 0.15) is 12.2 Å². The van der Waals surface area contributed by atoms with E-state index in [9.17, 15) is 0 Å². The highest BCUT2D eigenvalue weighted by atomic mass is 15.3. The van der Waals surface area contributed by atoms with Crippen LogP contribution in [0.4, 0.5) is 0 Å². The zero-order chi connectivity index (χ0) is 11.2. The average Bonchev–Trinajstić information content (AvgIpc) is 2.38. The molecule has 4 nitrogen and oxygen atoms in total. The predicted octanol–water partition coefficient (Wildman–Crippen LogP) is 1.50. The first kappa shape index (κ1) is 10.2. The lowest BCUT2D eigenvalue weighted by Gasteiger charge is -1.98. The minimum absolute atomic E-state index is 0.532. The number of hydrogen-bond donors (Lipinski definition) is 0. The summed E-state index contributed by atoms with van der Waals surface area (Å²) in [6.45, 7) is 0. The van der Waals surface area contributed by atoms with E-state index in [1.54, 1.807) is 0 Å². The molecule has 0 amide bonds. The number of rotatable bonds is 3. The molecule has 0 N–H and O–H groups in total. The minimum atomic E-state index is 0.532. The lowest BCUT2D eigenvalue weighted by molar-refractivity contribution is 0.758. The van der Waals surface area contributed by atoms with Crippen LogP contribution in [0.15, 0.2) is 30.3 Å². The Morgan fingerprint density at radius 2 is 1.69 bits per heavy atom. The lowest BCUT2D eigenvalue weighted by atomic mass is 10.2. The summed E-state index contributed by atoms with van der Waals surface area (Å²) in [5.74, 6) is 3.64. The fourth-order valence-corrected chi connectivity index (χ4v) is 1.24. The third-order valence-corrected chi connectivity index (χ3v) is 2.05. The molecule has 0 radical (unpaired) electrons. The molecule has 0 aliphatic heterocycles. The fraction of sp³-hybridized carbons (Fsp3) is 0.167. The molecule has 1 aromatic carbocycles. The summed E-state index contributed by atoms with van der Waals surface area (Å²) in [6, 6.07) is 9.61. The number of benzene rings is 1. The summed E-state index contributed by atoms with van der Waals surface area (Å²) >= 11 is 0. The van der Waals surface area contributed by atoms with Crippen molar-refractivity contribution in [2.75, 3.05) is 0 Å². The van der Waals surface area contributed by atoms with Gasteiger partial charge in [0.2, 0.25) is 5.82 Å². The first-order chi connectivity index (χ1) is 7.90. The molecule has 78 valence electrons. The lowest BCUT2D eigenvalue weighted by Crippen LogP contribution is -2.02. The summed E-state index contributed by atoms with van der Waals surface area (Å²) in [6.07, 6.45) is 6.37. The molecule has 0 aliphatic rings. The Morgan fingerprint density at radius 1 is 1.00 bits per heavy atom. The highest BCUT2D eigenvalue weighted by molar-refractivity contribution is 5.52. The van der Waals surface area contributed by atoms with Crippen LogP contribution >= 0.6 is 0 Å². The van der Waals surface area contributed by atoms with Crippen molar-refractivity contribution in [3.63, 3.8) is 0 Å². The van der Waals surface area contributed by atoms with E-state index in [0.717, 1.165) is 5.56 Å². The standard InChI is InChI=1S/C12H10N4/c1-2-3-9-11-13-15-12(16-14-11)10-7-5-4-6-8-10/h1,4-8H,3,9H2. The topological polar surface area (TPSA) is 51.6 Å². The van der Waals surface area contributed by atoms with Gasteiger partial charge in [-0.05, 0) is 0 Å². The van der Waals surface area contributed by atoms with Gasteiger partial charge in [-0.25, -0.2) is 0 Å². The van der Waals surface area contributed by atoms with Crippen molar-refractivity contribution in [3.8, 4) is 23.7 Å². The van der Waals surface area contributed by atoms with Crippen molar-refractivity contribution < 1.29 is 0 Å². The van der Waals surface area contributed by atoms with Crippen LogP contribution < -0.4 is 0 Å². The molecule has 2 aromatic rings. The maximum absolute atomic E-state index is 5.15. The van der Waals surface area contributed by atoms with Crippen LogP contribution in [-0.4, -0.2) is 20.4 Å². The Labute approximate surface area is 93.8 Å². The molecule has 4 heteroatoms. The van der Waals surface area contributed by atoms with Gasteiger partial charge in [0, 0.05) is 18.4 Å². The van der Waals surface area contributed by atoms with Gasteiger partial charge in [-0.15, -0.1) is 32.7 Å². The van der Waals surface area contributed by atoms with E-state index in [2.05, 4.69) is 26.3 Å². The molecule has 0 saturated carbocycles. The van der Waals surface area contributed by atoms with Gasteiger partial charge in [0.1, 0.15) is 0 Å². The van der Waals surface area contributed by atoms with Crippen molar-refractivity contribution in [2.24, 2.45) is 0 Å². The van der Waals surface area contributed by atoms with E-state index >= 15 is 0 Å². The molecule has 0 unspecified atom stereocenters. The first-order valence-electron chi connectivity index (χ1n) is 4.95. The monoisotopic (exact) mass is 210 g/mol. The highest BCUT2D eigenvalue weighted by Crippen LogP contribution is 2.11. The van der Waals surface area contributed by atoms with Crippen LogP contribution in [0.25, 0.3) is 11.4 Å². The molecule has 1 aromatic heterocycles. The molecule has 0 saturated heterocycles. The van der Waals surface area contributed by atoms with Crippen molar-refractivity contribution in [1.29, 1.82) is 0 Å². The van der Waals surface area contributed by atoms with E-state index in [1.807, 2.05) is 30.3 Å². The summed E-state index contributed by atoms with van der Waals surface area (Å²) in [5, 5.41) is 16.0. The first-order valence-corrected chi connectivity index (χ1v) is 4.95. The molecular weight excluding hydrogens is 200 g/mol. The molecule has 0 fully saturated rings. The van der Waals surface area contributed by atoms with Crippen LogP contribution in [0, 0.1) is 12.3 Å². The molecule has 16 heavy (non-hydrogen) atoms. The molecular formula is C12H10N4. The van der Waals surface area contributed by atoms with Gasteiger partial charge in [-0.2, -0.15) is 0 Å². The van der Waals surface area contributed by atoms with Gasteiger partial charge < -0.3 is 0 Å². The van der Waals surface area contributed by atoms with Gasteiger partial charge in [0.15, 0.2) is 5.82 Å². The molecule has 0 spiro atoms. The number of aryl methyl sites for hydroxylation is 1. The summed E-state index contributed by atoms with van der Waals surface area (Å²) < 4.78 is 0. The smallest absolute Gasteiger partial charge is 0.131 e. The Kier molecular flexibility index (Phi) is 3.19. The number of nitrogens with zero attached hydrogens (tertiary/aromatic N) is 4. The van der Waals surface area contributed by atoms with Crippen LogP contribution in [0.5, 0.6) is 0 Å². The van der Waals surface area contributed by atoms with Gasteiger partial charge in [0.05, 0.1) is 0 Å². The second kappa shape index (κ2) is 4.99. The van der Waals surface area contributed by atoms with E-state index in [0.29, 0.717) is 24.5 Å². The maximum Gasteiger partial charge on any atom is 0.203 e. The molecule has 1 heterocycles. The van der Waals surface area contributed by atoms with Crippen LogP contribution in [0.3, 0.4) is 0 Å². The Bertz CT molecular complexity index is 485. The van der Waals surface area contributed by atoms with Gasteiger partial charge in [0.25, 0.3) is 0 Å². The fourth-order valence-electron chi connectivity index (χ4n) is 1.24. The molecule has 0 bridgehead atoms. The molecule has 0 atom stereocenters. The SMILES string of the molecule is C#CCCc1nnc(-c2ccccc2)nn1. The normalized spacial score (nSPS) is 9.69. The van der Waals surface area contributed by atoms with E-state index in [1.165, 1.54) is 0 Å². The molecule has 0 aliphatic carbocycles. The summed E-state index contributed by atoms with van der Waals surface area (Å²) in [5.41, 5.74) is 0.908. The Balaban J connectivity index is 2.17. The highest BCUT2D eigenvalue weighted by Gasteiger charge is 2.02. The quantitative estimate of drug-likeness (QED) is 0.720. The maximum atomic E-state index is 5.15. The molecule has 2 rings (SSSR count). The van der Waals surface area contributed by atoms with Gasteiger partial charge in [-0.1, -0.05) is 30.3 Å². The summed E-state index contributed by atoms with van der Waals surface area (Å²) in [7, 11) is 0. The zero-order valence-electron chi connectivity index (χ0n) is 8.67. The van der Waals surface area contributed by atoms with Gasteiger partial charge >= 0.3 is 0 Å². The summed E-state index contributed by atoms with van der Waals surface area (Å²) in [4.78, 5) is 0. The van der Waals surface area contributed by atoms with Crippen molar-refractivity contribution in [2.45, 2.75) is 12.8 Å². The number of terminal acetylenes is 1. The van der Waals surface area contributed by atoms with E-state index < -0.39 is 0 Å². The largest absolute Gasteiger partial charge is 0.203 e. The van der Waals surface area contributed by atoms with Crippen LogP contribution in [-0.2, 0) is 6.42 Å². The van der Waals surface area contributed by atoms with Crippen molar-refractivity contribution in [1.82, 2.24) is 20.4 Å². The number of hydrogen-bond acceptors (Lipinski definition) is 4. The van der Waals surface area contributed by atoms with Crippen molar-refractivity contribution in [3.05, 3.63) is 36.2 Å². The zero-order valence-corrected chi connectivity index (χ0v) is 8.67. The van der Waals surface area contributed by atoms with E-state index in [4.69, 9.17) is 6.42 Å². The Morgan fingerprint density at radius 3 is 2.31 bits per heavy atom. The third-order valence-electron chi connectivity index (χ3n) is 2.05. The second-order valence-corrected chi connectivity index (χ2v) is 3.21. The Hall–Kier alpha value is -2.28. The van der Waals surface area contributed by atoms with Crippen molar-refractivity contribution >= 4 is 0 Å². The van der Waals surface area contributed by atoms with E-state index in [-0.39, 0.29) is 0 Å². The van der Waals surface area contributed by atoms with Crippen LogP contribution in [0.2, 0.25) is 0 Å². The second-order valence-electron chi connectivity index (χ2n) is 3.21. The third kappa shape index (κ3) is 2.39. The average molecular weight is 210 g/mol. The minimum Gasteiger partial charge on any atom is -0.131 e. The number of aromatic nitrogens is 4.